The zero-order valence-corrected chi connectivity index (χ0v) is 10.0. The third-order valence-electron chi connectivity index (χ3n) is 2.37. The monoisotopic (exact) mass is 233 g/mol. The average Bonchev–Trinajstić information content (AvgIpc) is 2.39. The normalized spacial score (nSPS) is 9.47. The zero-order valence-electron chi connectivity index (χ0n) is 10.0. The third-order valence-corrected chi connectivity index (χ3v) is 2.37. The number of nitriles is 1. The number of carbonyl (C=O) groups is 1. The van der Waals surface area contributed by atoms with Gasteiger partial charge in [-0.1, -0.05) is 0 Å². The van der Waals surface area contributed by atoms with Gasteiger partial charge in [0.05, 0.1) is 19.6 Å². The predicted octanol–water partition coefficient (Wildman–Crippen LogP) is 1.61. The van der Waals surface area contributed by atoms with Crippen LogP contribution in [0.1, 0.15) is 23.7 Å². The summed E-state index contributed by atoms with van der Waals surface area (Å²) in [5.41, 5.74) is 0.426. The molecule has 0 aromatic carbocycles. The Morgan fingerprint density at radius 1 is 1.65 bits per heavy atom. The van der Waals surface area contributed by atoms with Crippen LogP contribution in [0, 0.1) is 11.3 Å². The van der Waals surface area contributed by atoms with E-state index in [4.69, 9.17) is 10.00 Å². The molecule has 1 heterocycles. The lowest BCUT2D eigenvalue weighted by Gasteiger charge is -2.22. The molecular weight excluding hydrogens is 218 g/mol. The van der Waals surface area contributed by atoms with Crippen LogP contribution in [0.2, 0.25) is 0 Å². The molecule has 0 unspecified atom stereocenters. The van der Waals surface area contributed by atoms with Crippen molar-refractivity contribution < 1.29 is 9.53 Å². The minimum atomic E-state index is -0.413. The first-order valence-electron chi connectivity index (χ1n) is 5.39. The summed E-state index contributed by atoms with van der Waals surface area (Å²) in [5, 5.41) is 8.59. The largest absolute Gasteiger partial charge is 0.465 e. The molecule has 0 atom stereocenters. The molecule has 17 heavy (non-hydrogen) atoms. The quantitative estimate of drug-likeness (QED) is 0.723. The van der Waals surface area contributed by atoms with Crippen molar-refractivity contribution in [3.8, 4) is 6.07 Å². The fourth-order valence-electron chi connectivity index (χ4n) is 1.52. The van der Waals surface area contributed by atoms with E-state index in [2.05, 4.69) is 11.1 Å². The molecule has 1 rings (SSSR count). The molecule has 0 saturated heterocycles. The number of hydrogen-bond donors (Lipinski definition) is 0. The van der Waals surface area contributed by atoms with Gasteiger partial charge in [-0.2, -0.15) is 5.26 Å². The lowest BCUT2D eigenvalue weighted by atomic mass is 10.2. The van der Waals surface area contributed by atoms with Crippen molar-refractivity contribution in [3.05, 3.63) is 23.9 Å². The molecule has 0 radical (unpaired) electrons. The van der Waals surface area contributed by atoms with Gasteiger partial charge in [0, 0.05) is 19.3 Å². The number of ether oxygens (including phenoxy) is 1. The second-order valence-corrected chi connectivity index (χ2v) is 3.35. The maximum atomic E-state index is 11.6. The van der Waals surface area contributed by atoms with E-state index in [0.29, 0.717) is 30.9 Å². The lowest BCUT2D eigenvalue weighted by Crippen LogP contribution is -2.27. The molecule has 5 heteroatoms. The topological polar surface area (TPSA) is 66.2 Å². The van der Waals surface area contributed by atoms with E-state index < -0.39 is 5.97 Å². The number of pyridine rings is 1. The van der Waals surface area contributed by atoms with Gasteiger partial charge in [0.25, 0.3) is 0 Å². The summed E-state index contributed by atoms with van der Waals surface area (Å²) in [4.78, 5) is 17.6. The van der Waals surface area contributed by atoms with E-state index in [1.807, 2.05) is 11.8 Å². The second kappa shape index (κ2) is 6.48. The van der Waals surface area contributed by atoms with Crippen molar-refractivity contribution >= 4 is 11.8 Å². The Balaban J connectivity index is 3.02. The first-order chi connectivity index (χ1) is 8.24. The summed E-state index contributed by atoms with van der Waals surface area (Å²) in [5.74, 6) is 0.153. The lowest BCUT2D eigenvalue weighted by molar-refractivity contribution is 0.0601. The van der Waals surface area contributed by atoms with Crippen molar-refractivity contribution in [1.82, 2.24) is 4.98 Å². The summed E-state index contributed by atoms with van der Waals surface area (Å²) in [6.45, 7) is 3.18. The predicted molar refractivity (Wildman–Crippen MR) is 63.7 cm³/mol. The standard InChI is InChI=1S/C12H15N3O2/c1-3-15(9-5-7-13)11-10(12(16)17-2)6-4-8-14-11/h4,6,8H,3,5,9H2,1-2H3. The van der Waals surface area contributed by atoms with Crippen LogP contribution in [0.15, 0.2) is 18.3 Å². The first kappa shape index (κ1) is 13.0. The number of aromatic nitrogens is 1. The molecule has 0 N–H and O–H groups in total. The SMILES string of the molecule is CCN(CCC#N)c1ncccc1C(=O)OC. The van der Waals surface area contributed by atoms with Crippen LogP contribution in [0.3, 0.4) is 0 Å². The number of anilines is 1. The van der Waals surface area contributed by atoms with Gasteiger partial charge in [0.2, 0.25) is 0 Å². The number of rotatable bonds is 5. The molecule has 0 aliphatic carbocycles. The Morgan fingerprint density at radius 3 is 3.00 bits per heavy atom. The highest BCUT2D eigenvalue weighted by atomic mass is 16.5. The van der Waals surface area contributed by atoms with Crippen LogP contribution in [-0.2, 0) is 4.74 Å². The Labute approximate surface area is 101 Å². The molecule has 1 aromatic rings. The van der Waals surface area contributed by atoms with Crippen LogP contribution in [0.5, 0.6) is 0 Å². The smallest absolute Gasteiger partial charge is 0.341 e. The van der Waals surface area contributed by atoms with Gasteiger partial charge < -0.3 is 9.64 Å². The third kappa shape index (κ3) is 3.18. The van der Waals surface area contributed by atoms with E-state index in [0.717, 1.165) is 0 Å². The molecule has 5 nitrogen and oxygen atoms in total. The van der Waals surface area contributed by atoms with Crippen molar-refractivity contribution in [2.24, 2.45) is 0 Å². The van der Waals surface area contributed by atoms with Crippen LogP contribution >= 0.6 is 0 Å². The average molecular weight is 233 g/mol. The molecule has 0 fully saturated rings. The number of nitrogens with zero attached hydrogens (tertiary/aromatic N) is 3. The fourth-order valence-corrected chi connectivity index (χ4v) is 1.52. The molecule has 0 aliphatic rings. The maximum Gasteiger partial charge on any atom is 0.341 e. The Morgan fingerprint density at radius 2 is 2.41 bits per heavy atom. The summed E-state index contributed by atoms with van der Waals surface area (Å²) >= 11 is 0. The van der Waals surface area contributed by atoms with Gasteiger partial charge in [-0.15, -0.1) is 0 Å². The summed E-state index contributed by atoms with van der Waals surface area (Å²) in [7, 11) is 1.34. The van der Waals surface area contributed by atoms with Gasteiger partial charge in [-0.3, -0.25) is 0 Å². The summed E-state index contributed by atoms with van der Waals surface area (Å²) in [6, 6.07) is 5.44. The van der Waals surface area contributed by atoms with E-state index in [-0.39, 0.29) is 0 Å². The Kier molecular flexibility index (Phi) is 4.95. The highest BCUT2D eigenvalue weighted by Crippen LogP contribution is 2.18. The van der Waals surface area contributed by atoms with E-state index >= 15 is 0 Å². The second-order valence-electron chi connectivity index (χ2n) is 3.35. The molecular formula is C12H15N3O2. The highest BCUT2D eigenvalue weighted by molar-refractivity contribution is 5.94. The van der Waals surface area contributed by atoms with E-state index in [9.17, 15) is 4.79 Å². The molecule has 0 bridgehead atoms. The van der Waals surface area contributed by atoms with Crippen LogP contribution < -0.4 is 4.90 Å². The summed E-state index contributed by atoms with van der Waals surface area (Å²) < 4.78 is 4.71. The molecule has 0 saturated carbocycles. The molecule has 90 valence electrons. The van der Waals surface area contributed by atoms with Crippen molar-refractivity contribution in [2.45, 2.75) is 13.3 Å². The zero-order chi connectivity index (χ0) is 12.7. The van der Waals surface area contributed by atoms with Gasteiger partial charge in [-0.05, 0) is 19.1 Å². The fraction of sp³-hybridized carbons (Fsp3) is 0.417. The number of methoxy groups -OCH3 is 1. The van der Waals surface area contributed by atoms with Gasteiger partial charge in [-0.25, -0.2) is 9.78 Å². The van der Waals surface area contributed by atoms with E-state index in [1.165, 1.54) is 7.11 Å². The number of carbonyl (C=O) groups excluding carboxylic acids is 1. The van der Waals surface area contributed by atoms with Gasteiger partial charge >= 0.3 is 5.97 Å². The highest BCUT2D eigenvalue weighted by Gasteiger charge is 2.16. The molecule has 0 aliphatic heterocycles. The number of hydrogen-bond acceptors (Lipinski definition) is 5. The van der Waals surface area contributed by atoms with Crippen molar-refractivity contribution in [3.63, 3.8) is 0 Å². The maximum absolute atomic E-state index is 11.6. The van der Waals surface area contributed by atoms with Gasteiger partial charge in [0.1, 0.15) is 11.4 Å². The van der Waals surface area contributed by atoms with E-state index in [1.54, 1.807) is 18.3 Å². The van der Waals surface area contributed by atoms with Crippen molar-refractivity contribution in [2.75, 3.05) is 25.1 Å². The summed E-state index contributed by atoms with van der Waals surface area (Å²) in [6.07, 6.45) is 2.02. The minimum absolute atomic E-state index is 0.394. The number of esters is 1. The van der Waals surface area contributed by atoms with Crippen LogP contribution in [-0.4, -0.2) is 31.2 Å². The van der Waals surface area contributed by atoms with Gasteiger partial charge in [0.15, 0.2) is 0 Å². The minimum Gasteiger partial charge on any atom is -0.465 e. The van der Waals surface area contributed by atoms with Crippen LogP contribution in [0.25, 0.3) is 0 Å². The molecule has 1 aromatic heterocycles. The van der Waals surface area contributed by atoms with Crippen molar-refractivity contribution in [1.29, 1.82) is 5.26 Å². The Bertz CT molecular complexity index is 426. The van der Waals surface area contributed by atoms with Crippen LogP contribution in [0.4, 0.5) is 5.82 Å². The molecule has 0 amide bonds. The Hall–Kier alpha value is -2.09. The molecule has 0 spiro atoms. The first-order valence-corrected chi connectivity index (χ1v) is 5.39.